The number of anilines is 1. The maximum Gasteiger partial charge on any atom is 0.321 e. The number of rotatable bonds is 9. The van der Waals surface area contributed by atoms with Crippen LogP contribution in [0, 0.1) is 0 Å². The first-order valence-electron chi connectivity index (χ1n) is 9.45. The van der Waals surface area contributed by atoms with Crippen molar-refractivity contribution in [3.05, 3.63) is 22.7 Å². The van der Waals surface area contributed by atoms with Crippen molar-refractivity contribution in [2.45, 2.75) is 53.2 Å². The topological polar surface area (TPSA) is 90.9 Å². The quantitative estimate of drug-likeness (QED) is 0.538. The van der Waals surface area contributed by atoms with Crippen molar-refractivity contribution in [2.24, 2.45) is 0 Å². The molecule has 7 nitrogen and oxygen atoms in total. The number of β-amino-alcohol motifs (C(OH)–C–C–N with tert-alkyl or cyclic N) is 1. The van der Waals surface area contributed by atoms with Crippen LogP contribution < -0.4 is 15.4 Å². The van der Waals surface area contributed by atoms with Gasteiger partial charge in [0.1, 0.15) is 18.5 Å². The first-order chi connectivity index (χ1) is 13.0. The molecule has 8 heteroatoms. The van der Waals surface area contributed by atoms with Gasteiger partial charge in [0, 0.05) is 25.2 Å². The smallest absolute Gasteiger partial charge is 0.321 e. The molecule has 0 aliphatic heterocycles. The highest BCUT2D eigenvalue weighted by atomic mass is 35.5. The molecule has 0 aliphatic rings. The minimum atomic E-state index is -0.750. The minimum absolute atomic E-state index is 0.00480. The van der Waals surface area contributed by atoms with E-state index < -0.39 is 6.10 Å². The van der Waals surface area contributed by atoms with Gasteiger partial charge in [0.15, 0.2) is 5.78 Å². The summed E-state index contributed by atoms with van der Waals surface area (Å²) < 4.78 is 5.64. The van der Waals surface area contributed by atoms with Gasteiger partial charge in [-0.3, -0.25) is 4.79 Å². The molecule has 0 spiro atoms. The zero-order valence-corrected chi connectivity index (χ0v) is 18.3. The molecule has 1 atom stereocenters. The lowest BCUT2D eigenvalue weighted by Gasteiger charge is -2.23. The largest absolute Gasteiger partial charge is 0.490 e. The van der Waals surface area contributed by atoms with Crippen LogP contribution in [0.25, 0.3) is 0 Å². The normalized spacial score (nSPS) is 12.4. The number of ketones is 1. The number of halogens is 1. The van der Waals surface area contributed by atoms with Gasteiger partial charge < -0.3 is 25.4 Å². The van der Waals surface area contributed by atoms with Gasteiger partial charge in [0.2, 0.25) is 0 Å². The monoisotopic (exact) mass is 413 g/mol. The molecule has 2 amide bonds. The Morgan fingerprint density at radius 3 is 2.36 bits per heavy atom. The van der Waals surface area contributed by atoms with E-state index in [0.717, 1.165) is 0 Å². The number of benzene rings is 1. The Hall–Kier alpha value is -1.83. The number of hydrogen-bond acceptors (Lipinski definition) is 5. The second-order valence-electron chi connectivity index (χ2n) is 7.55. The molecule has 0 heterocycles. The number of nitrogens with zero attached hydrogens (tertiary/aromatic N) is 1. The molecule has 1 rings (SSSR count). The molecular formula is C20H32ClN3O4. The minimum Gasteiger partial charge on any atom is -0.490 e. The Kier molecular flexibility index (Phi) is 9.20. The van der Waals surface area contributed by atoms with Crippen LogP contribution in [0.15, 0.2) is 12.1 Å². The summed E-state index contributed by atoms with van der Waals surface area (Å²) in [5.41, 5.74) is 0.389. The molecule has 0 aromatic heterocycles. The summed E-state index contributed by atoms with van der Waals surface area (Å²) in [7, 11) is 0. The van der Waals surface area contributed by atoms with Crippen LogP contribution in [-0.4, -0.2) is 59.7 Å². The number of ether oxygens (including phenoxy) is 1. The molecule has 0 saturated carbocycles. The van der Waals surface area contributed by atoms with E-state index in [1.165, 1.54) is 6.92 Å². The molecule has 0 fully saturated rings. The highest BCUT2D eigenvalue weighted by Gasteiger charge is 2.20. The van der Waals surface area contributed by atoms with Crippen molar-refractivity contribution in [3.63, 3.8) is 0 Å². The summed E-state index contributed by atoms with van der Waals surface area (Å²) in [6.07, 6.45) is -0.750. The molecule has 1 aromatic carbocycles. The zero-order chi connectivity index (χ0) is 21.5. The third-order valence-corrected chi connectivity index (χ3v) is 4.44. The Bertz CT molecular complexity index is 685. The van der Waals surface area contributed by atoms with Gasteiger partial charge in [-0.2, -0.15) is 0 Å². The van der Waals surface area contributed by atoms with E-state index in [1.807, 2.05) is 34.6 Å². The predicted molar refractivity (Wildman–Crippen MR) is 113 cm³/mol. The fraction of sp³-hybridized carbons (Fsp3) is 0.600. The number of carbonyl (C=O) groups excluding carboxylic acids is 2. The van der Waals surface area contributed by atoms with Crippen molar-refractivity contribution in [1.29, 1.82) is 0 Å². The van der Waals surface area contributed by atoms with Crippen molar-refractivity contribution < 1.29 is 19.4 Å². The van der Waals surface area contributed by atoms with Gasteiger partial charge >= 0.3 is 6.03 Å². The van der Waals surface area contributed by atoms with E-state index in [-0.39, 0.29) is 40.3 Å². The van der Waals surface area contributed by atoms with Crippen LogP contribution in [0.2, 0.25) is 5.02 Å². The summed E-state index contributed by atoms with van der Waals surface area (Å²) in [4.78, 5) is 26.0. The highest BCUT2D eigenvalue weighted by molar-refractivity contribution is 6.37. The van der Waals surface area contributed by atoms with E-state index in [1.54, 1.807) is 17.0 Å². The summed E-state index contributed by atoms with van der Waals surface area (Å²) in [5, 5.41) is 16.1. The van der Waals surface area contributed by atoms with Gasteiger partial charge in [-0.05, 0) is 53.7 Å². The number of hydrogen-bond donors (Lipinski definition) is 3. The molecule has 158 valence electrons. The zero-order valence-electron chi connectivity index (χ0n) is 17.6. The van der Waals surface area contributed by atoms with Crippen LogP contribution in [0.1, 0.15) is 51.9 Å². The number of carbonyl (C=O) groups is 2. The summed E-state index contributed by atoms with van der Waals surface area (Å²) >= 11 is 6.37. The Balaban J connectivity index is 2.93. The van der Waals surface area contributed by atoms with E-state index in [4.69, 9.17) is 16.3 Å². The molecule has 28 heavy (non-hydrogen) atoms. The second kappa shape index (κ2) is 10.6. The lowest BCUT2D eigenvalue weighted by atomic mass is 10.1. The number of nitrogens with one attached hydrogen (secondary N) is 2. The van der Waals surface area contributed by atoms with E-state index in [0.29, 0.717) is 25.3 Å². The van der Waals surface area contributed by atoms with Crippen molar-refractivity contribution in [3.8, 4) is 5.75 Å². The molecule has 1 aromatic rings. The summed E-state index contributed by atoms with van der Waals surface area (Å²) in [5.74, 6) is -0.0191. The van der Waals surface area contributed by atoms with Gasteiger partial charge in [0.05, 0.1) is 16.3 Å². The van der Waals surface area contributed by atoms with Crippen LogP contribution >= 0.6 is 11.6 Å². The maximum absolute atomic E-state index is 12.3. The summed E-state index contributed by atoms with van der Waals surface area (Å²) in [6.45, 7) is 12.6. The molecule has 0 bridgehead atoms. The molecular weight excluding hydrogens is 382 g/mol. The maximum atomic E-state index is 12.3. The Morgan fingerprint density at radius 2 is 1.86 bits per heavy atom. The van der Waals surface area contributed by atoms with Crippen molar-refractivity contribution >= 4 is 29.1 Å². The highest BCUT2D eigenvalue weighted by Crippen LogP contribution is 2.34. The SMILES string of the molecule is CCN(CC)C(=O)Nc1ccc(OCC(O)CNC(C)(C)C)c(C(C)=O)c1Cl. The number of aliphatic hydroxyl groups is 1. The standard InChI is InChI=1S/C20H32ClN3O4/c1-7-24(8-2)19(27)23-15-9-10-16(17(13(3)25)18(15)21)28-12-14(26)11-22-20(4,5)6/h9-10,14,22,26H,7-8,11-12H2,1-6H3,(H,23,27). The Labute approximate surface area is 172 Å². The number of urea groups is 1. The molecule has 1 unspecified atom stereocenters. The lowest BCUT2D eigenvalue weighted by Crippen LogP contribution is -2.42. The fourth-order valence-electron chi connectivity index (χ4n) is 2.48. The van der Waals surface area contributed by atoms with Crippen molar-refractivity contribution in [1.82, 2.24) is 10.2 Å². The molecule has 0 saturated heterocycles. The first-order valence-corrected chi connectivity index (χ1v) is 9.83. The molecule has 0 aliphatic carbocycles. The second-order valence-corrected chi connectivity index (χ2v) is 7.93. The van der Waals surface area contributed by atoms with Gasteiger partial charge in [0.25, 0.3) is 0 Å². The Morgan fingerprint density at radius 1 is 1.25 bits per heavy atom. The van der Waals surface area contributed by atoms with Gasteiger partial charge in [-0.25, -0.2) is 4.79 Å². The average molecular weight is 414 g/mol. The van der Waals surface area contributed by atoms with Crippen LogP contribution in [0.3, 0.4) is 0 Å². The summed E-state index contributed by atoms with van der Waals surface area (Å²) in [6, 6.07) is 2.87. The van der Waals surface area contributed by atoms with E-state index in [9.17, 15) is 14.7 Å². The van der Waals surface area contributed by atoms with Crippen molar-refractivity contribution in [2.75, 3.05) is 31.6 Å². The third kappa shape index (κ3) is 7.30. The number of Topliss-reactive ketones (excluding diaryl/α,β-unsaturated/α-hetero) is 1. The van der Waals surface area contributed by atoms with Crippen LogP contribution in [0.4, 0.5) is 10.5 Å². The predicted octanol–water partition coefficient (Wildman–Crippen LogP) is 3.54. The van der Waals surface area contributed by atoms with Crippen LogP contribution in [-0.2, 0) is 0 Å². The number of amides is 2. The van der Waals surface area contributed by atoms with E-state index >= 15 is 0 Å². The average Bonchev–Trinajstić information content (AvgIpc) is 2.60. The number of aliphatic hydroxyl groups excluding tert-OH is 1. The van der Waals surface area contributed by atoms with E-state index in [2.05, 4.69) is 10.6 Å². The fourth-order valence-corrected chi connectivity index (χ4v) is 2.81. The van der Waals surface area contributed by atoms with Crippen LogP contribution in [0.5, 0.6) is 5.75 Å². The third-order valence-electron chi connectivity index (χ3n) is 4.05. The van der Waals surface area contributed by atoms with Gasteiger partial charge in [-0.15, -0.1) is 0 Å². The lowest BCUT2D eigenvalue weighted by molar-refractivity contribution is 0.0950. The van der Waals surface area contributed by atoms with Gasteiger partial charge in [-0.1, -0.05) is 11.6 Å². The first kappa shape index (κ1) is 24.2. The molecule has 0 radical (unpaired) electrons. The molecule has 3 N–H and O–H groups in total.